The van der Waals surface area contributed by atoms with Crippen molar-refractivity contribution in [2.75, 3.05) is 11.1 Å². The molecule has 1 N–H and O–H groups in total. The van der Waals surface area contributed by atoms with Crippen LogP contribution in [0, 0.1) is 27.7 Å². The first-order chi connectivity index (χ1) is 15.8. The second-order valence-electron chi connectivity index (χ2n) is 8.00. The van der Waals surface area contributed by atoms with Crippen LogP contribution in [-0.2, 0) is 4.79 Å². The summed E-state index contributed by atoms with van der Waals surface area (Å²) in [5, 5.41) is 13.2. The van der Waals surface area contributed by atoms with E-state index in [0.717, 1.165) is 28.1 Å². The number of hydrogen-bond acceptors (Lipinski definition) is 4. The van der Waals surface area contributed by atoms with Crippen molar-refractivity contribution in [2.45, 2.75) is 32.9 Å². The van der Waals surface area contributed by atoms with Crippen molar-refractivity contribution in [3.63, 3.8) is 0 Å². The minimum Gasteiger partial charge on any atom is -0.325 e. The van der Waals surface area contributed by atoms with E-state index in [1.807, 2.05) is 66.9 Å². The van der Waals surface area contributed by atoms with E-state index >= 15 is 0 Å². The van der Waals surface area contributed by atoms with Gasteiger partial charge in [-0.1, -0.05) is 41.6 Å². The van der Waals surface area contributed by atoms with Gasteiger partial charge in [0.05, 0.1) is 11.4 Å². The zero-order valence-electron chi connectivity index (χ0n) is 19.0. The van der Waals surface area contributed by atoms with Gasteiger partial charge in [-0.2, -0.15) is 0 Å². The first kappa shape index (κ1) is 23.1. The van der Waals surface area contributed by atoms with Crippen LogP contribution in [0.3, 0.4) is 0 Å². The lowest BCUT2D eigenvalue weighted by Crippen LogP contribution is -2.15. The van der Waals surface area contributed by atoms with E-state index in [0.29, 0.717) is 16.0 Å². The van der Waals surface area contributed by atoms with Gasteiger partial charge in [-0.3, -0.25) is 9.36 Å². The first-order valence-corrected chi connectivity index (χ1v) is 12.0. The summed E-state index contributed by atoms with van der Waals surface area (Å²) in [7, 11) is 0. The molecule has 0 aliphatic carbocycles. The van der Waals surface area contributed by atoms with Gasteiger partial charge in [-0.25, -0.2) is 0 Å². The minimum absolute atomic E-state index is 0.0867. The highest BCUT2D eigenvalue weighted by Gasteiger charge is 2.18. The van der Waals surface area contributed by atoms with Crippen LogP contribution in [0.2, 0.25) is 5.02 Å². The van der Waals surface area contributed by atoms with E-state index in [1.165, 1.54) is 22.9 Å². The van der Waals surface area contributed by atoms with Crippen molar-refractivity contribution in [1.29, 1.82) is 0 Å². The fraction of sp³-hybridized carbons (Fsp3) is 0.192. The van der Waals surface area contributed by atoms with Gasteiger partial charge in [0.2, 0.25) is 5.91 Å². The summed E-state index contributed by atoms with van der Waals surface area (Å²) in [6.07, 6.45) is 0. The maximum absolute atomic E-state index is 12.7. The SMILES string of the molecule is Cc1ccc(-n2c(SCC(=O)Nc3cccc(C)c3C)nnc2-c2ccc(Cl)cc2)cc1C. The Morgan fingerprint density at radius 2 is 1.70 bits per heavy atom. The summed E-state index contributed by atoms with van der Waals surface area (Å²) in [5.41, 5.74) is 7.27. The third-order valence-electron chi connectivity index (χ3n) is 5.70. The second kappa shape index (κ2) is 9.81. The zero-order valence-corrected chi connectivity index (χ0v) is 20.6. The molecule has 0 spiro atoms. The van der Waals surface area contributed by atoms with Crippen LogP contribution in [-0.4, -0.2) is 26.4 Å². The van der Waals surface area contributed by atoms with Gasteiger partial charge in [0.1, 0.15) is 0 Å². The molecule has 168 valence electrons. The predicted octanol–water partition coefficient (Wildman–Crippen LogP) is 6.55. The second-order valence-corrected chi connectivity index (χ2v) is 9.38. The molecular formula is C26H25ClN4OS. The van der Waals surface area contributed by atoms with Crippen LogP contribution in [0.4, 0.5) is 5.69 Å². The maximum atomic E-state index is 12.7. The molecule has 0 bridgehead atoms. The number of hydrogen-bond donors (Lipinski definition) is 1. The highest BCUT2D eigenvalue weighted by molar-refractivity contribution is 7.99. The Kier molecular flexibility index (Phi) is 6.86. The molecule has 7 heteroatoms. The highest BCUT2D eigenvalue weighted by Crippen LogP contribution is 2.30. The fourth-order valence-corrected chi connectivity index (χ4v) is 4.33. The average Bonchev–Trinajstić information content (AvgIpc) is 3.22. The average molecular weight is 477 g/mol. The lowest BCUT2D eigenvalue weighted by Gasteiger charge is -2.13. The Morgan fingerprint density at radius 1 is 0.939 bits per heavy atom. The monoisotopic (exact) mass is 476 g/mol. The Balaban J connectivity index is 1.63. The van der Waals surface area contributed by atoms with Gasteiger partial charge in [-0.05, 0) is 92.4 Å². The Hall–Kier alpha value is -3.09. The number of carbonyl (C=O) groups excluding carboxylic acids is 1. The molecule has 33 heavy (non-hydrogen) atoms. The number of nitrogens with one attached hydrogen (secondary N) is 1. The maximum Gasteiger partial charge on any atom is 0.234 e. The third-order valence-corrected chi connectivity index (χ3v) is 6.88. The number of rotatable bonds is 6. The molecule has 1 heterocycles. The molecule has 4 aromatic rings. The largest absolute Gasteiger partial charge is 0.325 e. The van der Waals surface area contributed by atoms with E-state index in [4.69, 9.17) is 11.6 Å². The molecule has 0 unspecified atom stereocenters. The highest BCUT2D eigenvalue weighted by atomic mass is 35.5. The molecule has 0 fully saturated rings. The predicted molar refractivity (Wildman–Crippen MR) is 137 cm³/mol. The molecule has 0 atom stereocenters. The summed E-state index contributed by atoms with van der Waals surface area (Å²) >= 11 is 7.44. The summed E-state index contributed by atoms with van der Waals surface area (Å²) in [4.78, 5) is 12.7. The number of aryl methyl sites for hydroxylation is 3. The van der Waals surface area contributed by atoms with E-state index in [9.17, 15) is 4.79 Å². The smallest absolute Gasteiger partial charge is 0.234 e. The number of benzene rings is 3. The van der Waals surface area contributed by atoms with Crippen molar-refractivity contribution in [3.8, 4) is 17.1 Å². The Bertz CT molecular complexity index is 1310. The van der Waals surface area contributed by atoms with E-state index in [2.05, 4.69) is 41.5 Å². The number of anilines is 1. The molecule has 1 amide bonds. The molecule has 0 aliphatic rings. The van der Waals surface area contributed by atoms with E-state index in [-0.39, 0.29) is 11.7 Å². The molecule has 4 rings (SSSR count). The van der Waals surface area contributed by atoms with Gasteiger partial charge >= 0.3 is 0 Å². The molecule has 0 radical (unpaired) electrons. The first-order valence-electron chi connectivity index (χ1n) is 10.6. The number of halogens is 1. The van der Waals surface area contributed by atoms with Crippen LogP contribution < -0.4 is 5.32 Å². The van der Waals surface area contributed by atoms with Gasteiger partial charge < -0.3 is 5.32 Å². The van der Waals surface area contributed by atoms with Gasteiger partial charge in [0.15, 0.2) is 11.0 Å². The number of thioether (sulfide) groups is 1. The van der Waals surface area contributed by atoms with Crippen LogP contribution in [0.1, 0.15) is 22.3 Å². The standard InChI is InChI=1S/C26H25ClN4OS/c1-16-8-13-22(14-18(16)3)31-25(20-9-11-21(27)12-10-20)29-30-26(31)33-15-24(32)28-23-7-5-6-17(2)19(23)4/h5-14H,15H2,1-4H3,(H,28,32). The molecule has 5 nitrogen and oxygen atoms in total. The number of nitrogens with zero attached hydrogens (tertiary/aromatic N) is 3. The number of carbonyl (C=O) groups is 1. The van der Waals surface area contributed by atoms with E-state index < -0.39 is 0 Å². The lowest BCUT2D eigenvalue weighted by atomic mass is 10.1. The van der Waals surface area contributed by atoms with Crippen molar-refractivity contribution in [3.05, 3.63) is 87.9 Å². The van der Waals surface area contributed by atoms with Crippen LogP contribution in [0.25, 0.3) is 17.1 Å². The van der Waals surface area contributed by atoms with Crippen LogP contribution in [0.15, 0.2) is 65.8 Å². The van der Waals surface area contributed by atoms with Gasteiger partial charge in [0.25, 0.3) is 0 Å². The van der Waals surface area contributed by atoms with Crippen molar-refractivity contribution < 1.29 is 4.79 Å². The lowest BCUT2D eigenvalue weighted by molar-refractivity contribution is -0.113. The molecular weight excluding hydrogens is 452 g/mol. The van der Waals surface area contributed by atoms with Crippen LogP contribution in [0.5, 0.6) is 0 Å². The van der Waals surface area contributed by atoms with Gasteiger partial charge in [-0.15, -0.1) is 10.2 Å². The minimum atomic E-state index is -0.0867. The summed E-state index contributed by atoms with van der Waals surface area (Å²) < 4.78 is 1.99. The molecule has 0 saturated carbocycles. The number of amides is 1. The third kappa shape index (κ3) is 5.13. The molecule has 0 aliphatic heterocycles. The quantitative estimate of drug-likeness (QED) is 0.320. The molecule has 3 aromatic carbocycles. The summed E-state index contributed by atoms with van der Waals surface area (Å²) in [6.45, 7) is 8.20. The van der Waals surface area contributed by atoms with Crippen molar-refractivity contribution in [1.82, 2.24) is 14.8 Å². The van der Waals surface area contributed by atoms with Crippen molar-refractivity contribution >= 4 is 35.0 Å². The normalized spacial score (nSPS) is 10.9. The van der Waals surface area contributed by atoms with E-state index in [1.54, 1.807) is 0 Å². The summed E-state index contributed by atoms with van der Waals surface area (Å²) in [6, 6.07) is 19.6. The Morgan fingerprint density at radius 3 is 2.42 bits per heavy atom. The molecule has 1 aromatic heterocycles. The van der Waals surface area contributed by atoms with Gasteiger partial charge in [0, 0.05) is 16.3 Å². The van der Waals surface area contributed by atoms with Crippen molar-refractivity contribution in [2.24, 2.45) is 0 Å². The number of aromatic nitrogens is 3. The zero-order chi connectivity index (χ0) is 23.5. The van der Waals surface area contributed by atoms with Crippen LogP contribution >= 0.6 is 23.4 Å². The molecule has 0 saturated heterocycles. The topological polar surface area (TPSA) is 59.8 Å². The Labute approximate surface area is 203 Å². The fourth-order valence-electron chi connectivity index (χ4n) is 3.45. The summed E-state index contributed by atoms with van der Waals surface area (Å²) in [5.74, 6) is 0.834.